The minimum absolute atomic E-state index is 0.0157. The lowest BCUT2D eigenvalue weighted by Crippen LogP contribution is -2.56. The second-order valence-electron chi connectivity index (χ2n) is 6.60. The molecular formula is C20H24N2O3S. The van der Waals surface area contributed by atoms with Crippen molar-refractivity contribution in [2.45, 2.75) is 38.5 Å². The summed E-state index contributed by atoms with van der Waals surface area (Å²) >= 11 is 1.68. The number of amides is 2. The van der Waals surface area contributed by atoms with Gasteiger partial charge in [0.05, 0.1) is 6.04 Å². The number of thiophene rings is 1. The molecule has 2 aromatic rings. The van der Waals surface area contributed by atoms with Crippen molar-refractivity contribution in [3.63, 3.8) is 0 Å². The molecule has 1 aliphatic rings. The van der Waals surface area contributed by atoms with Gasteiger partial charge < -0.3 is 15.0 Å². The maximum absolute atomic E-state index is 12.8. The number of ether oxygens (including phenoxy) is 1. The van der Waals surface area contributed by atoms with Gasteiger partial charge in [-0.1, -0.05) is 36.4 Å². The summed E-state index contributed by atoms with van der Waals surface area (Å²) in [7, 11) is 0. The van der Waals surface area contributed by atoms with Crippen molar-refractivity contribution in [2.75, 3.05) is 13.2 Å². The van der Waals surface area contributed by atoms with Gasteiger partial charge in [0.15, 0.2) is 6.10 Å². The molecule has 1 aromatic carbocycles. The summed E-state index contributed by atoms with van der Waals surface area (Å²) in [6.07, 6.45) is 0.0831. The maximum atomic E-state index is 12.8. The van der Waals surface area contributed by atoms with Crippen LogP contribution in [0.1, 0.15) is 30.3 Å². The van der Waals surface area contributed by atoms with E-state index in [9.17, 15) is 9.59 Å². The van der Waals surface area contributed by atoms with Gasteiger partial charge in [-0.05, 0) is 37.3 Å². The standard InChI is InChI=1S/C20H24N2O3S/c1-14(2)22-17(23)13-25-19(18(22)15-7-4-3-5-8-15)20(24)21-11-10-16-9-6-12-26-16/h3-9,12,14,18-19H,10-11,13H2,1-2H3,(H,21,24)/t18-,19+/m1/s1. The third-order valence-electron chi connectivity index (χ3n) is 4.47. The largest absolute Gasteiger partial charge is 0.356 e. The first-order valence-electron chi connectivity index (χ1n) is 8.85. The number of hydrogen-bond donors (Lipinski definition) is 1. The molecule has 0 saturated carbocycles. The van der Waals surface area contributed by atoms with Gasteiger partial charge in [-0.3, -0.25) is 9.59 Å². The molecule has 0 spiro atoms. The normalized spacial score (nSPS) is 20.4. The van der Waals surface area contributed by atoms with Crippen LogP contribution in [0.5, 0.6) is 0 Å². The Kier molecular flexibility index (Phi) is 6.06. The van der Waals surface area contributed by atoms with Crippen LogP contribution in [0.25, 0.3) is 0 Å². The monoisotopic (exact) mass is 372 g/mol. The first-order valence-corrected chi connectivity index (χ1v) is 9.73. The van der Waals surface area contributed by atoms with Gasteiger partial charge in [0.2, 0.25) is 5.91 Å². The minimum Gasteiger partial charge on any atom is -0.356 e. The predicted molar refractivity (Wildman–Crippen MR) is 102 cm³/mol. The van der Waals surface area contributed by atoms with Crippen molar-refractivity contribution in [2.24, 2.45) is 0 Å². The summed E-state index contributed by atoms with van der Waals surface area (Å²) in [4.78, 5) is 28.2. The zero-order valence-electron chi connectivity index (χ0n) is 15.1. The highest BCUT2D eigenvalue weighted by Crippen LogP contribution is 2.32. The average molecular weight is 372 g/mol. The number of benzene rings is 1. The summed E-state index contributed by atoms with van der Waals surface area (Å²) < 4.78 is 5.69. The Balaban J connectivity index is 1.76. The number of nitrogens with one attached hydrogen (secondary N) is 1. The molecule has 0 radical (unpaired) electrons. The number of carbonyl (C=O) groups is 2. The lowest BCUT2D eigenvalue weighted by Gasteiger charge is -2.42. The lowest BCUT2D eigenvalue weighted by atomic mass is 9.96. The molecule has 0 aliphatic carbocycles. The van der Waals surface area contributed by atoms with E-state index in [1.807, 2.05) is 55.6 Å². The van der Waals surface area contributed by atoms with Crippen LogP contribution in [-0.2, 0) is 20.7 Å². The highest BCUT2D eigenvalue weighted by atomic mass is 32.1. The average Bonchev–Trinajstić information content (AvgIpc) is 3.15. The molecule has 1 saturated heterocycles. The van der Waals surface area contributed by atoms with Crippen molar-refractivity contribution in [1.82, 2.24) is 10.2 Å². The van der Waals surface area contributed by atoms with Crippen molar-refractivity contribution in [3.8, 4) is 0 Å². The van der Waals surface area contributed by atoms with Gasteiger partial charge in [-0.25, -0.2) is 0 Å². The zero-order valence-corrected chi connectivity index (χ0v) is 15.9. The number of nitrogens with zero attached hydrogens (tertiary/aromatic N) is 1. The molecule has 1 aromatic heterocycles. The minimum atomic E-state index is -0.708. The second-order valence-corrected chi connectivity index (χ2v) is 7.63. The van der Waals surface area contributed by atoms with E-state index < -0.39 is 12.1 Å². The Morgan fingerprint density at radius 3 is 2.69 bits per heavy atom. The Hall–Kier alpha value is -2.18. The fourth-order valence-corrected chi connectivity index (χ4v) is 4.01. The molecule has 26 heavy (non-hydrogen) atoms. The Bertz CT molecular complexity index is 731. The number of morpholine rings is 1. The fourth-order valence-electron chi connectivity index (χ4n) is 3.31. The van der Waals surface area contributed by atoms with Gasteiger partial charge in [-0.15, -0.1) is 11.3 Å². The number of carbonyl (C=O) groups excluding carboxylic acids is 2. The molecule has 6 heteroatoms. The summed E-state index contributed by atoms with van der Waals surface area (Å²) in [5, 5.41) is 5.00. The quantitative estimate of drug-likeness (QED) is 0.848. The van der Waals surface area contributed by atoms with Crippen LogP contribution in [0.3, 0.4) is 0 Å². The van der Waals surface area contributed by atoms with E-state index in [1.54, 1.807) is 16.2 Å². The van der Waals surface area contributed by atoms with E-state index >= 15 is 0 Å². The van der Waals surface area contributed by atoms with Gasteiger partial charge in [0.25, 0.3) is 5.91 Å². The molecule has 2 heterocycles. The molecular weight excluding hydrogens is 348 g/mol. The van der Waals surface area contributed by atoms with E-state index in [2.05, 4.69) is 11.4 Å². The Morgan fingerprint density at radius 1 is 1.27 bits per heavy atom. The third-order valence-corrected chi connectivity index (χ3v) is 5.40. The molecule has 3 rings (SSSR count). The van der Waals surface area contributed by atoms with Crippen LogP contribution >= 0.6 is 11.3 Å². The van der Waals surface area contributed by atoms with Gasteiger partial charge in [-0.2, -0.15) is 0 Å². The fraction of sp³-hybridized carbons (Fsp3) is 0.400. The third kappa shape index (κ3) is 4.14. The lowest BCUT2D eigenvalue weighted by molar-refractivity contribution is -0.167. The molecule has 1 fully saturated rings. The number of hydrogen-bond acceptors (Lipinski definition) is 4. The SMILES string of the molecule is CC(C)N1C(=O)CO[C@H](C(=O)NCCc2cccs2)[C@H]1c1ccccc1. The summed E-state index contributed by atoms with van der Waals surface area (Å²) in [6.45, 7) is 4.41. The van der Waals surface area contributed by atoms with Gasteiger partial charge in [0, 0.05) is 17.5 Å². The first kappa shape index (κ1) is 18.6. The van der Waals surface area contributed by atoms with Crippen LogP contribution in [0.2, 0.25) is 0 Å². The molecule has 0 bridgehead atoms. The molecule has 0 unspecified atom stereocenters. The van der Waals surface area contributed by atoms with Crippen LogP contribution in [0.4, 0.5) is 0 Å². The molecule has 138 valence electrons. The van der Waals surface area contributed by atoms with Crippen molar-refractivity contribution in [1.29, 1.82) is 0 Å². The first-order chi connectivity index (χ1) is 12.6. The summed E-state index contributed by atoms with van der Waals surface area (Å²) in [5.41, 5.74) is 0.910. The van der Waals surface area contributed by atoms with E-state index in [0.717, 1.165) is 12.0 Å². The van der Waals surface area contributed by atoms with Crippen LogP contribution in [0, 0.1) is 0 Å². The van der Waals surface area contributed by atoms with E-state index in [-0.39, 0.29) is 24.5 Å². The summed E-state index contributed by atoms with van der Waals surface area (Å²) in [5.74, 6) is -0.259. The summed E-state index contributed by atoms with van der Waals surface area (Å²) in [6, 6.07) is 13.3. The predicted octanol–water partition coefficient (Wildman–Crippen LogP) is 2.78. The molecule has 1 aliphatic heterocycles. The topological polar surface area (TPSA) is 58.6 Å². The van der Waals surface area contributed by atoms with E-state index in [1.165, 1.54) is 4.88 Å². The smallest absolute Gasteiger partial charge is 0.251 e. The zero-order chi connectivity index (χ0) is 18.5. The molecule has 2 atom stereocenters. The molecule has 2 amide bonds. The van der Waals surface area contributed by atoms with E-state index in [4.69, 9.17) is 4.74 Å². The molecule has 1 N–H and O–H groups in total. The van der Waals surface area contributed by atoms with Crippen molar-refractivity contribution < 1.29 is 14.3 Å². The van der Waals surface area contributed by atoms with Gasteiger partial charge in [0.1, 0.15) is 6.61 Å². The number of rotatable bonds is 6. The van der Waals surface area contributed by atoms with Crippen molar-refractivity contribution in [3.05, 3.63) is 58.3 Å². The maximum Gasteiger partial charge on any atom is 0.251 e. The highest BCUT2D eigenvalue weighted by Gasteiger charge is 2.42. The van der Waals surface area contributed by atoms with E-state index in [0.29, 0.717) is 6.54 Å². The Morgan fingerprint density at radius 2 is 2.04 bits per heavy atom. The Labute approximate surface area is 158 Å². The van der Waals surface area contributed by atoms with Gasteiger partial charge >= 0.3 is 0 Å². The second kappa shape index (κ2) is 8.47. The molecule has 5 nitrogen and oxygen atoms in total. The highest BCUT2D eigenvalue weighted by molar-refractivity contribution is 7.09. The van der Waals surface area contributed by atoms with Crippen LogP contribution < -0.4 is 5.32 Å². The van der Waals surface area contributed by atoms with Crippen LogP contribution in [-0.4, -0.2) is 42.0 Å². The van der Waals surface area contributed by atoms with Crippen molar-refractivity contribution >= 4 is 23.2 Å². The van der Waals surface area contributed by atoms with Crippen LogP contribution in [0.15, 0.2) is 47.8 Å².